The van der Waals surface area contributed by atoms with Crippen LogP contribution in [-0.2, 0) is 23.9 Å². The van der Waals surface area contributed by atoms with Crippen LogP contribution in [0, 0.1) is 11.8 Å². The van der Waals surface area contributed by atoms with Crippen LogP contribution in [0.3, 0.4) is 0 Å². The van der Waals surface area contributed by atoms with E-state index in [1.165, 1.54) is 12.0 Å². The van der Waals surface area contributed by atoms with Crippen LogP contribution >= 0.6 is 0 Å². The van der Waals surface area contributed by atoms with Crippen LogP contribution in [-0.4, -0.2) is 90.7 Å². The van der Waals surface area contributed by atoms with Crippen LogP contribution < -0.4 is 10.6 Å². The third-order valence-electron chi connectivity index (χ3n) is 9.48. The number of anilines is 1. The number of morpholine rings is 1. The minimum atomic E-state index is -1.13. The molecule has 9 nitrogen and oxygen atoms in total. The molecule has 3 amide bonds. The zero-order valence-corrected chi connectivity index (χ0v) is 23.6. The Morgan fingerprint density at radius 1 is 1.02 bits per heavy atom. The maximum Gasteiger partial charge on any atom is 0.246 e. The van der Waals surface area contributed by atoms with Crippen LogP contribution in [0.4, 0.5) is 5.69 Å². The molecule has 3 saturated heterocycles. The summed E-state index contributed by atoms with van der Waals surface area (Å²) >= 11 is 0. The first-order chi connectivity index (χ1) is 19.4. The molecule has 1 aromatic rings. The highest BCUT2D eigenvalue weighted by Gasteiger charge is 2.72. The fourth-order valence-corrected chi connectivity index (χ4v) is 7.29. The molecule has 1 aromatic carbocycles. The van der Waals surface area contributed by atoms with E-state index in [1.807, 2.05) is 36.4 Å². The Morgan fingerprint density at radius 2 is 1.75 bits per heavy atom. The molecule has 40 heavy (non-hydrogen) atoms. The second-order valence-corrected chi connectivity index (χ2v) is 12.3. The second kappa shape index (κ2) is 11.3. The van der Waals surface area contributed by atoms with Crippen LogP contribution in [0.2, 0.25) is 0 Å². The van der Waals surface area contributed by atoms with Crippen molar-refractivity contribution in [3.8, 4) is 0 Å². The van der Waals surface area contributed by atoms with Gasteiger partial charge in [0, 0.05) is 37.9 Å². The summed E-state index contributed by atoms with van der Waals surface area (Å²) in [5.74, 6) is -1.61. The highest BCUT2D eigenvalue weighted by Crippen LogP contribution is 2.55. The molecule has 4 aliphatic heterocycles. The monoisotopic (exact) mass is 550 g/mol. The second-order valence-electron chi connectivity index (χ2n) is 12.3. The lowest BCUT2D eigenvalue weighted by Crippen LogP contribution is -2.57. The van der Waals surface area contributed by atoms with Crippen molar-refractivity contribution in [1.82, 2.24) is 15.1 Å². The smallest absolute Gasteiger partial charge is 0.246 e. The summed E-state index contributed by atoms with van der Waals surface area (Å²) in [6.45, 7) is 8.25. The van der Waals surface area contributed by atoms with Crippen molar-refractivity contribution in [2.75, 3.05) is 44.7 Å². The van der Waals surface area contributed by atoms with E-state index in [-0.39, 0.29) is 23.8 Å². The van der Waals surface area contributed by atoms with E-state index in [0.717, 1.165) is 38.8 Å². The molecule has 9 heteroatoms. The predicted octanol–water partition coefficient (Wildman–Crippen LogP) is 2.68. The molecule has 4 heterocycles. The molecule has 2 N–H and O–H groups in total. The molecule has 5 aliphatic rings. The summed E-state index contributed by atoms with van der Waals surface area (Å²) in [5, 5.41) is 6.28. The fourth-order valence-electron chi connectivity index (χ4n) is 7.29. The van der Waals surface area contributed by atoms with Crippen molar-refractivity contribution in [2.45, 2.75) is 75.7 Å². The van der Waals surface area contributed by atoms with Gasteiger partial charge in [-0.3, -0.25) is 19.3 Å². The number of fused-ring (bicyclic) bond motifs is 1. The van der Waals surface area contributed by atoms with Crippen LogP contribution in [0.25, 0.3) is 0 Å². The molecule has 6 rings (SSSR count). The van der Waals surface area contributed by atoms with E-state index in [4.69, 9.17) is 9.47 Å². The van der Waals surface area contributed by atoms with Gasteiger partial charge in [0.2, 0.25) is 17.7 Å². The van der Waals surface area contributed by atoms with Gasteiger partial charge in [-0.1, -0.05) is 57.4 Å². The van der Waals surface area contributed by atoms with E-state index >= 15 is 0 Å². The lowest BCUT2D eigenvalue weighted by atomic mass is 9.74. The number of carbonyl (C=O) groups is 3. The average molecular weight is 551 g/mol. The molecule has 216 valence electrons. The van der Waals surface area contributed by atoms with Gasteiger partial charge < -0.3 is 25.0 Å². The molecular formula is C31H42N4O5. The minimum Gasteiger partial charge on any atom is -0.379 e. The number of likely N-dealkylation sites (tertiary alicyclic amines) is 1. The van der Waals surface area contributed by atoms with Crippen molar-refractivity contribution in [3.05, 3.63) is 42.0 Å². The van der Waals surface area contributed by atoms with E-state index in [0.29, 0.717) is 37.9 Å². The van der Waals surface area contributed by atoms with Crippen LogP contribution in [0.1, 0.15) is 57.4 Å². The van der Waals surface area contributed by atoms with Crippen molar-refractivity contribution in [1.29, 1.82) is 0 Å². The van der Waals surface area contributed by atoms with Gasteiger partial charge in [0.15, 0.2) is 0 Å². The summed E-state index contributed by atoms with van der Waals surface area (Å²) in [4.78, 5) is 45.7. The van der Waals surface area contributed by atoms with Gasteiger partial charge in [0.25, 0.3) is 0 Å². The molecule has 1 spiro atoms. The lowest BCUT2D eigenvalue weighted by molar-refractivity contribution is -0.141. The third-order valence-corrected chi connectivity index (χ3v) is 9.48. The van der Waals surface area contributed by atoms with Crippen molar-refractivity contribution >= 4 is 23.4 Å². The topological polar surface area (TPSA) is 100 Å². The van der Waals surface area contributed by atoms with Crippen LogP contribution in [0.15, 0.2) is 36.4 Å². The number of carbonyl (C=O) groups excluding carboxylic acids is 3. The molecule has 4 fully saturated rings. The summed E-state index contributed by atoms with van der Waals surface area (Å²) in [6.07, 6.45) is 8.53. The van der Waals surface area contributed by atoms with Gasteiger partial charge in [-0.15, -0.1) is 0 Å². The number of ether oxygens (including phenoxy) is 2. The van der Waals surface area contributed by atoms with Gasteiger partial charge in [-0.05, 0) is 36.5 Å². The summed E-state index contributed by atoms with van der Waals surface area (Å²) < 4.78 is 12.0. The molecule has 5 atom stereocenters. The van der Waals surface area contributed by atoms with Gasteiger partial charge in [-0.25, -0.2) is 0 Å². The number of nitrogens with zero attached hydrogens (tertiary/aromatic N) is 2. The SMILES string of the molecule is CC(C)c1ccc(NC(=O)[C@@H]2[C@H]3C=C[C@]4(O3)[C@H](C(=O)NC3CCCCC3)N(CCN3CCOCC3)C(=O)[C@@H]24)cc1. The maximum atomic E-state index is 14.1. The minimum absolute atomic E-state index is 0.114. The summed E-state index contributed by atoms with van der Waals surface area (Å²) in [5.41, 5.74) is 0.753. The molecule has 1 aliphatic carbocycles. The normalized spacial score (nSPS) is 32.1. The Morgan fingerprint density at radius 3 is 2.45 bits per heavy atom. The van der Waals surface area contributed by atoms with Crippen molar-refractivity contribution in [3.63, 3.8) is 0 Å². The van der Waals surface area contributed by atoms with Crippen LogP contribution in [0.5, 0.6) is 0 Å². The first-order valence-corrected chi connectivity index (χ1v) is 15.1. The molecule has 0 unspecified atom stereocenters. The molecular weight excluding hydrogens is 508 g/mol. The largest absolute Gasteiger partial charge is 0.379 e. The number of hydrogen-bond donors (Lipinski definition) is 2. The Labute approximate surface area is 236 Å². The molecule has 0 radical (unpaired) electrons. The lowest BCUT2D eigenvalue weighted by Gasteiger charge is -2.35. The molecule has 1 saturated carbocycles. The standard InChI is InChI=1S/C31H42N4O5/c1-20(2)21-8-10-23(11-9-21)32-28(36)25-24-12-13-31(40-24)26(25)30(38)35(15-14-34-16-18-39-19-17-34)27(31)29(37)33-22-6-4-3-5-7-22/h8-13,20,22,24-27H,3-7,14-19H2,1-2H3,(H,32,36)(H,33,37)/t24-,25-,26-,27+,31-/m1/s1. The van der Waals surface area contributed by atoms with Crippen molar-refractivity contribution in [2.24, 2.45) is 11.8 Å². The third kappa shape index (κ3) is 4.97. The molecule has 2 bridgehead atoms. The van der Waals surface area contributed by atoms with E-state index in [9.17, 15) is 14.4 Å². The number of hydrogen-bond acceptors (Lipinski definition) is 6. The maximum absolute atomic E-state index is 14.1. The van der Waals surface area contributed by atoms with E-state index in [2.05, 4.69) is 29.4 Å². The van der Waals surface area contributed by atoms with E-state index in [1.54, 1.807) is 4.90 Å². The highest BCUT2D eigenvalue weighted by atomic mass is 16.5. The van der Waals surface area contributed by atoms with Gasteiger partial charge in [0.05, 0.1) is 31.2 Å². The first kappa shape index (κ1) is 27.4. The number of nitrogens with one attached hydrogen (secondary N) is 2. The Kier molecular flexibility index (Phi) is 7.72. The zero-order chi connectivity index (χ0) is 27.9. The zero-order valence-electron chi connectivity index (χ0n) is 23.6. The summed E-state index contributed by atoms with van der Waals surface area (Å²) in [7, 11) is 0. The summed E-state index contributed by atoms with van der Waals surface area (Å²) in [6, 6.07) is 7.15. The fraction of sp³-hybridized carbons (Fsp3) is 0.645. The number of amides is 3. The van der Waals surface area contributed by atoms with Crippen molar-refractivity contribution < 1.29 is 23.9 Å². The number of benzene rings is 1. The quantitative estimate of drug-likeness (QED) is 0.483. The van der Waals surface area contributed by atoms with Gasteiger partial charge in [-0.2, -0.15) is 0 Å². The van der Waals surface area contributed by atoms with Gasteiger partial charge in [0.1, 0.15) is 11.6 Å². The average Bonchev–Trinajstić information content (AvgIpc) is 3.60. The Bertz CT molecular complexity index is 1140. The van der Waals surface area contributed by atoms with Gasteiger partial charge >= 0.3 is 0 Å². The first-order valence-electron chi connectivity index (χ1n) is 15.1. The predicted molar refractivity (Wildman–Crippen MR) is 151 cm³/mol. The number of rotatable bonds is 8. The molecule has 0 aromatic heterocycles. The highest BCUT2D eigenvalue weighted by molar-refractivity contribution is 6.02. The Hall–Kier alpha value is -2.75. The Balaban J connectivity index is 1.24. The van der Waals surface area contributed by atoms with E-state index < -0.39 is 29.6 Å².